The molecule has 0 bridgehead atoms. The van der Waals surface area contributed by atoms with E-state index in [0.29, 0.717) is 37.7 Å². The van der Waals surface area contributed by atoms with Crippen molar-refractivity contribution in [2.75, 3.05) is 32.8 Å². The molecule has 4 rings (SSSR count). The van der Waals surface area contributed by atoms with Gasteiger partial charge < -0.3 is 15.2 Å². The molecule has 2 N–H and O–H groups in total. The Hall–Kier alpha value is -2.84. The van der Waals surface area contributed by atoms with Crippen LogP contribution in [0.5, 0.6) is 0 Å². The molecule has 1 aromatic carbocycles. The summed E-state index contributed by atoms with van der Waals surface area (Å²) in [5.74, 6) is -0.215. The highest BCUT2D eigenvalue weighted by molar-refractivity contribution is 5.84. The summed E-state index contributed by atoms with van der Waals surface area (Å²) in [6.45, 7) is 3.20. The van der Waals surface area contributed by atoms with Crippen LogP contribution >= 0.6 is 0 Å². The molecule has 3 heterocycles. The number of ether oxygens (including phenoxy) is 1. The van der Waals surface area contributed by atoms with Gasteiger partial charge in [-0.2, -0.15) is 0 Å². The van der Waals surface area contributed by atoms with E-state index in [1.807, 2.05) is 24.4 Å². The number of likely N-dealkylation sites (tertiary alicyclic amines) is 1. The van der Waals surface area contributed by atoms with Crippen LogP contribution in [0.1, 0.15) is 24.0 Å². The Bertz CT molecular complexity index is 869. The first kappa shape index (κ1) is 23.8. The number of pyridine rings is 1. The average molecular weight is 444 g/mol. The van der Waals surface area contributed by atoms with Gasteiger partial charge >= 0.3 is 0 Å². The molecule has 8 heteroatoms. The van der Waals surface area contributed by atoms with Gasteiger partial charge in [0.25, 0.3) is 6.47 Å². The monoisotopic (exact) mass is 443 g/mol. The van der Waals surface area contributed by atoms with E-state index in [4.69, 9.17) is 14.6 Å². The molecule has 172 valence electrons. The van der Waals surface area contributed by atoms with Gasteiger partial charge in [0.2, 0.25) is 5.91 Å². The summed E-state index contributed by atoms with van der Waals surface area (Å²) in [6.07, 6.45) is 6.72. The second kappa shape index (κ2) is 11.7. The molecule has 0 radical (unpaired) electrons. The van der Waals surface area contributed by atoms with Gasteiger partial charge in [0.1, 0.15) is 5.82 Å². The number of rotatable bonds is 7. The molecule has 2 aromatic rings. The third-order valence-corrected chi connectivity index (χ3v) is 6.11. The predicted octanol–water partition coefficient (Wildman–Crippen LogP) is 2.30. The smallest absolute Gasteiger partial charge is 0.290 e. The zero-order valence-electron chi connectivity index (χ0n) is 18.1. The van der Waals surface area contributed by atoms with Gasteiger partial charge in [0.15, 0.2) is 0 Å². The minimum Gasteiger partial charge on any atom is -0.483 e. The first-order chi connectivity index (χ1) is 15.6. The Morgan fingerprint density at radius 1 is 1.25 bits per heavy atom. The van der Waals surface area contributed by atoms with Crippen molar-refractivity contribution in [2.45, 2.75) is 31.7 Å². The number of hydrogen-bond donors (Lipinski definition) is 2. The highest BCUT2D eigenvalue weighted by atomic mass is 19.1. The Morgan fingerprint density at radius 3 is 2.62 bits per heavy atom. The molecular weight excluding hydrogens is 413 g/mol. The minimum absolute atomic E-state index is 0.0213. The summed E-state index contributed by atoms with van der Waals surface area (Å²) < 4.78 is 19.8. The molecule has 0 unspecified atom stereocenters. The molecule has 2 aliphatic heterocycles. The van der Waals surface area contributed by atoms with E-state index in [0.717, 1.165) is 38.0 Å². The molecule has 1 amide bonds. The highest BCUT2D eigenvalue weighted by Gasteiger charge is 2.51. The van der Waals surface area contributed by atoms with Crippen molar-refractivity contribution in [1.29, 1.82) is 0 Å². The number of amides is 1. The van der Waals surface area contributed by atoms with Gasteiger partial charge in [-0.1, -0.05) is 24.3 Å². The van der Waals surface area contributed by atoms with Crippen molar-refractivity contribution in [3.63, 3.8) is 0 Å². The van der Waals surface area contributed by atoms with Gasteiger partial charge in [-0.05, 0) is 48.9 Å². The number of halogens is 1. The van der Waals surface area contributed by atoms with Crippen LogP contribution in [0.15, 0.2) is 48.8 Å². The maximum absolute atomic E-state index is 14.3. The molecule has 0 atom stereocenters. The molecule has 32 heavy (non-hydrogen) atoms. The summed E-state index contributed by atoms with van der Waals surface area (Å²) in [6, 6.07) is 11.1. The number of aromatic nitrogens is 1. The Labute approximate surface area is 187 Å². The lowest BCUT2D eigenvalue weighted by molar-refractivity contribution is -0.146. The van der Waals surface area contributed by atoms with Crippen LogP contribution in [0.2, 0.25) is 0 Å². The lowest BCUT2D eigenvalue weighted by Crippen LogP contribution is -2.67. The maximum atomic E-state index is 14.3. The quantitative estimate of drug-likeness (QED) is 0.638. The molecule has 0 aliphatic carbocycles. The second-order valence-electron chi connectivity index (χ2n) is 8.27. The average Bonchev–Trinajstić information content (AvgIpc) is 2.79. The first-order valence-electron chi connectivity index (χ1n) is 10.9. The number of carbonyl (C=O) groups excluding carboxylic acids is 1. The van der Waals surface area contributed by atoms with Crippen LogP contribution in [0.3, 0.4) is 0 Å². The molecular formula is C24H30FN3O4. The van der Waals surface area contributed by atoms with E-state index in [2.05, 4.69) is 15.2 Å². The number of nitrogens with one attached hydrogen (secondary N) is 1. The van der Waals surface area contributed by atoms with Crippen molar-refractivity contribution < 1.29 is 23.8 Å². The Balaban J connectivity index is 0.000000913. The Kier molecular flexibility index (Phi) is 8.70. The fraction of sp³-hybridized carbons (Fsp3) is 0.458. The largest absolute Gasteiger partial charge is 0.483 e. The fourth-order valence-corrected chi connectivity index (χ4v) is 4.44. The fourth-order valence-electron chi connectivity index (χ4n) is 4.44. The van der Waals surface area contributed by atoms with E-state index in [1.54, 1.807) is 18.3 Å². The highest BCUT2D eigenvalue weighted by Crippen LogP contribution is 2.38. The van der Waals surface area contributed by atoms with Crippen molar-refractivity contribution in [3.05, 3.63) is 65.7 Å². The van der Waals surface area contributed by atoms with Crippen molar-refractivity contribution >= 4 is 12.4 Å². The molecule has 1 aromatic heterocycles. The van der Waals surface area contributed by atoms with E-state index in [9.17, 15) is 9.18 Å². The Morgan fingerprint density at radius 2 is 1.97 bits per heavy atom. The van der Waals surface area contributed by atoms with Crippen LogP contribution in [-0.2, 0) is 27.2 Å². The van der Waals surface area contributed by atoms with Gasteiger partial charge in [-0.15, -0.1) is 0 Å². The van der Waals surface area contributed by atoms with E-state index in [1.165, 1.54) is 6.07 Å². The predicted molar refractivity (Wildman–Crippen MR) is 118 cm³/mol. The standard InChI is InChI=1S/C23H28FN3O2.CH2O2/c24-21-6-2-1-5-19(21)14-23(16-27(17-23)20-8-12-29-13-9-20)22(28)26-11-7-18-4-3-10-25-15-18;2-1-3/h1-6,10,15,20H,7-9,11-14,16-17H2,(H,26,28);1H,(H,2,3). The zero-order valence-corrected chi connectivity index (χ0v) is 18.1. The van der Waals surface area contributed by atoms with Crippen molar-refractivity contribution in [2.24, 2.45) is 5.41 Å². The summed E-state index contributed by atoms with van der Waals surface area (Å²) in [5, 5.41) is 9.99. The van der Waals surface area contributed by atoms with Gasteiger partial charge in [0.05, 0.1) is 5.41 Å². The SMILES string of the molecule is O=C(NCCc1cccnc1)C1(Cc2ccccc2F)CN(C2CCOCC2)C1.O=CO. The van der Waals surface area contributed by atoms with Gasteiger partial charge in [-0.25, -0.2) is 4.39 Å². The topological polar surface area (TPSA) is 91.8 Å². The second-order valence-corrected chi connectivity index (χ2v) is 8.27. The number of benzene rings is 1. The van der Waals surface area contributed by atoms with Gasteiger partial charge in [-0.3, -0.25) is 19.5 Å². The molecule has 2 aliphatic rings. The number of carbonyl (C=O) groups is 2. The number of carboxylic acid groups (broad SMARTS) is 1. The summed E-state index contributed by atoms with van der Waals surface area (Å²) in [5.41, 5.74) is 1.13. The molecule has 0 saturated carbocycles. The van der Waals surface area contributed by atoms with Crippen molar-refractivity contribution in [3.8, 4) is 0 Å². The lowest BCUT2D eigenvalue weighted by Gasteiger charge is -2.53. The van der Waals surface area contributed by atoms with Crippen LogP contribution in [0, 0.1) is 11.2 Å². The zero-order chi connectivity index (χ0) is 22.8. The van der Waals surface area contributed by atoms with E-state index in [-0.39, 0.29) is 18.2 Å². The summed E-state index contributed by atoms with van der Waals surface area (Å²) in [4.78, 5) is 28.0. The molecule has 0 spiro atoms. The molecule has 7 nitrogen and oxygen atoms in total. The molecule has 2 saturated heterocycles. The third kappa shape index (κ3) is 6.11. The van der Waals surface area contributed by atoms with Crippen LogP contribution in [0.4, 0.5) is 4.39 Å². The van der Waals surface area contributed by atoms with E-state index >= 15 is 0 Å². The van der Waals surface area contributed by atoms with Crippen LogP contribution in [0.25, 0.3) is 0 Å². The molecule has 2 fully saturated rings. The van der Waals surface area contributed by atoms with E-state index < -0.39 is 5.41 Å². The summed E-state index contributed by atoms with van der Waals surface area (Å²) in [7, 11) is 0. The van der Waals surface area contributed by atoms with Crippen LogP contribution in [-0.4, -0.2) is 66.3 Å². The third-order valence-electron chi connectivity index (χ3n) is 6.11. The number of nitrogens with zero attached hydrogens (tertiary/aromatic N) is 2. The van der Waals surface area contributed by atoms with Crippen molar-refractivity contribution in [1.82, 2.24) is 15.2 Å². The maximum Gasteiger partial charge on any atom is 0.290 e. The minimum atomic E-state index is -0.574. The summed E-state index contributed by atoms with van der Waals surface area (Å²) >= 11 is 0. The normalized spacial score (nSPS) is 18.0. The first-order valence-corrected chi connectivity index (χ1v) is 10.9. The van der Waals surface area contributed by atoms with Crippen LogP contribution < -0.4 is 5.32 Å². The lowest BCUT2D eigenvalue weighted by atomic mass is 9.72. The van der Waals surface area contributed by atoms with Gasteiger partial charge in [0, 0.05) is 51.3 Å². The number of hydrogen-bond acceptors (Lipinski definition) is 5.